The number of carbonyl (C=O) groups is 2. The Morgan fingerprint density at radius 3 is 2.29 bits per heavy atom. The third-order valence-corrected chi connectivity index (χ3v) is 5.84. The number of aliphatic carboxylic acids is 1. The van der Waals surface area contributed by atoms with E-state index in [9.17, 15) is 18.0 Å². The van der Waals surface area contributed by atoms with Crippen LogP contribution in [0.3, 0.4) is 0 Å². The first-order valence-electron chi connectivity index (χ1n) is 7.69. The number of carboxylic acid groups (broad SMARTS) is 1. The summed E-state index contributed by atoms with van der Waals surface area (Å²) >= 11 is 0. The van der Waals surface area contributed by atoms with Crippen LogP contribution in [-0.4, -0.2) is 62.9 Å². The summed E-state index contributed by atoms with van der Waals surface area (Å²) in [6, 6.07) is 5.82. The zero-order valence-corrected chi connectivity index (χ0v) is 14.3. The molecular weight excluding hydrogens is 334 g/mol. The maximum absolute atomic E-state index is 12.4. The lowest BCUT2D eigenvalue weighted by molar-refractivity contribution is -0.143. The zero-order valence-electron chi connectivity index (χ0n) is 13.5. The molecule has 1 aliphatic rings. The molecule has 0 bridgehead atoms. The number of rotatable bonds is 6. The highest BCUT2D eigenvalue weighted by atomic mass is 32.2. The topological polar surface area (TPSA) is 101 Å². The molecule has 24 heavy (non-hydrogen) atoms. The molecule has 0 unspecified atom stereocenters. The molecule has 132 valence electrons. The predicted octanol–water partition coefficient (Wildman–Crippen LogP) is 1.04. The maximum atomic E-state index is 12.4. The van der Waals surface area contributed by atoms with Crippen LogP contribution >= 0.6 is 0 Å². The van der Waals surface area contributed by atoms with E-state index < -0.39 is 21.7 Å². The Morgan fingerprint density at radius 2 is 1.79 bits per heavy atom. The highest BCUT2D eigenvalue weighted by molar-refractivity contribution is 7.91. The van der Waals surface area contributed by atoms with Gasteiger partial charge in [-0.3, -0.25) is 9.59 Å². The van der Waals surface area contributed by atoms with E-state index >= 15 is 0 Å². The van der Waals surface area contributed by atoms with Gasteiger partial charge in [0.05, 0.1) is 23.2 Å². The third-order valence-electron chi connectivity index (χ3n) is 4.15. The van der Waals surface area contributed by atoms with E-state index in [1.54, 1.807) is 4.90 Å². The highest BCUT2D eigenvalue weighted by Crippen LogP contribution is 2.20. The number of sulfone groups is 1. The number of hydrogen-bond acceptors (Lipinski definition) is 5. The molecule has 0 spiro atoms. The Labute approximate surface area is 141 Å². The summed E-state index contributed by atoms with van der Waals surface area (Å²) in [7, 11) is -1.99. The molecule has 8 heteroatoms. The average molecular weight is 355 g/mol. The fourth-order valence-corrected chi connectivity index (χ4v) is 3.80. The smallest absolute Gasteiger partial charge is 0.306 e. The Kier molecular flexibility index (Phi) is 5.95. The zero-order chi connectivity index (χ0) is 17.7. The van der Waals surface area contributed by atoms with Gasteiger partial charge in [-0.2, -0.15) is 0 Å². The van der Waals surface area contributed by atoms with Crippen molar-refractivity contribution in [2.45, 2.75) is 17.7 Å². The van der Waals surface area contributed by atoms with Crippen molar-refractivity contribution < 1.29 is 27.9 Å². The first kappa shape index (κ1) is 18.4. The minimum atomic E-state index is -3.42. The van der Waals surface area contributed by atoms with Crippen LogP contribution in [0.4, 0.5) is 0 Å². The van der Waals surface area contributed by atoms with E-state index in [0.717, 1.165) is 0 Å². The fraction of sp³-hybridized carbons (Fsp3) is 0.500. The molecule has 1 saturated heterocycles. The summed E-state index contributed by atoms with van der Waals surface area (Å²) in [6.45, 7) is 0.898. The molecule has 0 aromatic heterocycles. The molecule has 1 aliphatic heterocycles. The van der Waals surface area contributed by atoms with Gasteiger partial charge in [0, 0.05) is 25.8 Å². The quantitative estimate of drug-likeness (QED) is 0.818. The molecule has 0 atom stereocenters. The Bertz CT molecular complexity index is 690. The van der Waals surface area contributed by atoms with Crippen molar-refractivity contribution in [1.82, 2.24) is 4.90 Å². The molecule has 1 aromatic rings. The number of ether oxygens (including phenoxy) is 1. The molecular formula is C16H21NO6S. The van der Waals surface area contributed by atoms with Gasteiger partial charge in [-0.05, 0) is 37.1 Å². The average Bonchev–Trinajstić information content (AvgIpc) is 2.59. The van der Waals surface area contributed by atoms with Gasteiger partial charge in [0.25, 0.3) is 5.91 Å². The largest absolute Gasteiger partial charge is 0.481 e. The molecule has 1 fully saturated rings. The van der Waals surface area contributed by atoms with E-state index in [0.29, 0.717) is 31.5 Å². The number of methoxy groups -OCH3 is 1. The van der Waals surface area contributed by atoms with Crippen LogP contribution in [0.25, 0.3) is 0 Å². The summed E-state index contributed by atoms with van der Waals surface area (Å²) in [5, 5.41) is 8.98. The van der Waals surface area contributed by atoms with Crippen LogP contribution in [0, 0.1) is 5.92 Å². The van der Waals surface area contributed by atoms with Crippen LogP contribution in [0.15, 0.2) is 29.2 Å². The Balaban J connectivity index is 2.03. The number of benzene rings is 1. The van der Waals surface area contributed by atoms with E-state index in [-0.39, 0.29) is 23.2 Å². The van der Waals surface area contributed by atoms with E-state index in [1.165, 1.54) is 31.4 Å². The van der Waals surface area contributed by atoms with Gasteiger partial charge in [-0.25, -0.2) is 8.42 Å². The Morgan fingerprint density at radius 1 is 1.21 bits per heavy atom. The van der Waals surface area contributed by atoms with Gasteiger partial charge in [0.1, 0.15) is 0 Å². The van der Waals surface area contributed by atoms with E-state index in [2.05, 4.69) is 0 Å². The maximum Gasteiger partial charge on any atom is 0.306 e. The Hall–Kier alpha value is -1.93. The normalized spacial score (nSPS) is 16.1. The van der Waals surface area contributed by atoms with Crippen molar-refractivity contribution >= 4 is 21.7 Å². The molecule has 0 saturated carbocycles. The van der Waals surface area contributed by atoms with Gasteiger partial charge >= 0.3 is 5.97 Å². The fourth-order valence-electron chi connectivity index (χ4n) is 2.63. The monoisotopic (exact) mass is 355 g/mol. The summed E-state index contributed by atoms with van der Waals surface area (Å²) in [5.41, 5.74) is 0.398. The van der Waals surface area contributed by atoms with Gasteiger partial charge in [0.15, 0.2) is 9.84 Å². The molecule has 2 rings (SSSR count). The van der Waals surface area contributed by atoms with Gasteiger partial charge in [0.2, 0.25) is 0 Å². The number of likely N-dealkylation sites (tertiary alicyclic amines) is 1. The predicted molar refractivity (Wildman–Crippen MR) is 86.6 cm³/mol. The number of hydrogen-bond donors (Lipinski definition) is 1. The van der Waals surface area contributed by atoms with E-state index in [1.807, 2.05) is 0 Å². The van der Waals surface area contributed by atoms with E-state index in [4.69, 9.17) is 9.84 Å². The molecule has 1 N–H and O–H groups in total. The minimum Gasteiger partial charge on any atom is -0.481 e. The van der Waals surface area contributed by atoms with Crippen molar-refractivity contribution in [3.63, 3.8) is 0 Å². The van der Waals surface area contributed by atoms with Crippen molar-refractivity contribution in [1.29, 1.82) is 0 Å². The minimum absolute atomic E-state index is 0.112. The highest BCUT2D eigenvalue weighted by Gasteiger charge is 2.27. The lowest BCUT2D eigenvalue weighted by Gasteiger charge is -2.30. The third kappa shape index (κ3) is 4.33. The molecule has 0 aliphatic carbocycles. The number of nitrogens with zero attached hydrogens (tertiary/aromatic N) is 1. The van der Waals surface area contributed by atoms with Crippen LogP contribution in [0.1, 0.15) is 23.2 Å². The van der Waals surface area contributed by atoms with Crippen molar-refractivity contribution in [3.05, 3.63) is 29.8 Å². The molecule has 1 amide bonds. The van der Waals surface area contributed by atoms with Gasteiger partial charge < -0.3 is 14.7 Å². The molecule has 0 radical (unpaired) electrons. The van der Waals surface area contributed by atoms with Gasteiger partial charge in [-0.1, -0.05) is 0 Å². The number of amides is 1. The second-order valence-corrected chi connectivity index (χ2v) is 7.85. The van der Waals surface area contributed by atoms with Crippen molar-refractivity contribution in [2.24, 2.45) is 5.92 Å². The molecule has 1 heterocycles. The van der Waals surface area contributed by atoms with Crippen LogP contribution in [0.5, 0.6) is 0 Å². The standard InChI is InChI=1S/C16H21NO6S/c1-23-10-11-24(21,22)14-4-2-12(3-5-14)15(18)17-8-6-13(7-9-17)16(19)20/h2-5,13H,6-11H2,1H3,(H,19,20). The summed E-state index contributed by atoms with van der Waals surface area (Å²) in [4.78, 5) is 25.1. The summed E-state index contributed by atoms with van der Waals surface area (Å²) in [5.74, 6) is -1.55. The SMILES string of the molecule is COCCS(=O)(=O)c1ccc(C(=O)N2CCC(C(=O)O)CC2)cc1. The van der Waals surface area contributed by atoms with Crippen LogP contribution < -0.4 is 0 Å². The number of piperidine rings is 1. The van der Waals surface area contributed by atoms with Crippen molar-refractivity contribution in [2.75, 3.05) is 32.6 Å². The lowest BCUT2D eigenvalue weighted by atomic mass is 9.96. The second-order valence-electron chi connectivity index (χ2n) is 5.74. The second kappa shape index (κ2) is 7.76. The summed E-state index contributed by atoms with van der Waals surface area (Å²) in [6.07, 6.45) is 0.870. The number of carboxylic acids is 1. The van der Waals surface area contributed by atoms with Crippen molar-refractivity contribution in [3.8, 4) is 0 Å². The summed E-state index contributed by atoms with van der Waals surface area (Å²) < 4.78 is 28.9. The first-order chi connectivity index (χ1) is 11.3. The molecule has 1 aromatic carbocycles. The lowest BCUT2D eigenvalue weighted by Crippen LogP contribution is -2.40. The first-order valence-corrected chi connectivity index (χ1v) is 9.34. The molecule has 7 nitrogen and oxygen atoms in total. The van der Waals surface area contributed by atoms with Gasteiger partial charge in [-0.15, -0.1) is 0 Å². The van der Waals surface area contributed by atoms with Crippen LogP contribution in [-0.2, 0) is 19.4 Å². The number of carbonyl (C=O) groups excluding carboxylic acids is 1. The van der Waals surface area contributed by atoms with Crippen LogP contribution in [0.2, 0.25) is 0 Å².